The second kappa shape index (κ2) is 6.35. The maximum atomic E-state index is 12.8. The molecule has 5 nitrogen and oxygen atoms in total. The number of fused-ring (bicyclic) bond motifs is 3. The summed E-state index contributed by atoms with van der Waals surface area (Å²) in [6.45, 7) is 4.02. The van der Waals surface area contributed by atoms with Gasteiger partial charge in [0.05, 0.1) is 29.7 Å². The van der Waals surface area contributed by atoms with Crippen LogP contribution in [-0.2, 0) is 11.3 Å². The summed E-state index contributed by atoms with van der Waals surface area (Å²) in [4.78, 5) is 25.4. The molecule has 0 aliphatic heterocycles. The van der Waals surface area contributed by atoms with E-state index in [1.165, 1.54) is 0 Å². The predicted molar refractivity (Wildman–Crippen MR) is 97.6 cm³/mol. The Kier molecular flexibility index (Phi) is 4.01. The number of nitrogens with zero attached hydrogens (tertiary/aromatic N) is 2. The van der Waals surface area contributed by atoms with Crippen molar-refractivity contribution in [3.05, 3.63) is 71.4 Å². The molecule has 1 aliphatic rings. The van der Waals surface area contributed by atoms with E-state index in [0.717, 1.165) is 11.3 Å². The maximum Gasteiger partial charge on any atom is 0.237 e. The molecule has 0 N–H and O–H groups in total. The van der Waals surface area contributed by atoms with Crippen molar-refractivity contribution in [1.82, 2.24) is 9.78 Å². The van der Waals surface area contributed by atoms with Crippen molar-refractivity contribution < 1.29 is 14.3 Å². The van der Waals surface area contributed by atoms with Crippen LogP contribution in [0.25, 0.3) is 16.9 Å². The summed E-state index contributed by atoms with van der Waals surface area (Å²) >= 11 is 0. The lowest BCUT2D eigenvalue weighted by molar-refractivity contribution is 0.0623. The number of rotatable bonds is 4. The molecular formula is C21H18N2O3. The molecule has 4 rings (SSSR count). The predicted octanol–water partition coefficient (Wildman–Crippen LogP) is 3.84. The molecule has 2 aromatic carbocycles. The van der Waals surface area contributed by atoms with Gasteiger partial charge in [-0.3, -0.25) is 9.59 Å². The van der Waals surface area contributed by atoms with Gasteiger partial charge in [0, 0.05) is 11.1 Å². The summed E-state index contributed by atoms with van der Waals surface area (Å²) in [5.41, 5.74) is 3.46. The number of hydrogen-bond acceptors (Lipinski definition) is 4. The maximum absolute atomic E-state index is 12.8. The SMILES string of the molecule is CC(C)OCc1nn(-c2ccccc2)c2c1C(=O)C(=O)c1ccccc1-2. The van der Waals surface area contributed by atoms with Gasteiger partial charge >= 0.3 is 0 Å². The molecule has 26 heavy (non-hydrogen) atoms. The van der Waals surface area contributed by atoms with Crippen LogP contribution in [0.2, 0.25) is 0 Å². The summed E-state index contributed by atoms with van der Waals surface area (Å²) in [5.74, 6) is -1.02. The highest BCUT2D eigenvalue weighted by Crippen LogP contribution is 2.37. The van der Waals surface area contributed by atoms with Crippen molar-refractivity contribution >= 4 is 11.6 Å². The first-order valence-electron chi connectivity index (χ1n) is 8.55. The van der Waals surface area contributed by atoms with Crippen LogP contribution < -0.4 is 0 Å². The summed E-state index contributed by atoms with van der Waals surface area (Å²) in [7, 11) is 0. The van der Waals surface area contributed by atoms with Gasteiger partial charge in [0.2, 0.25) is 11.6 Å². The Morgan fingerprint density at radius 2 is 1.58 bits per heavy atom. The topological polar surface area (TPSA) is 61.2 Å². The van der Waals surface area contributed by atoms with E-state index in [9.17, 15) is 9.59 Å². The van der Waals surface area contributed by atoms with Crippen LogP contribution in [0.3, 0.4) is 0 Å². The van der Waals surface area contributed by atoms with E-state index in [1.807, 2.05) is 56.3 Å². The minimum atomic E-state index is -0.525. The minimum absolute atomic E-state index is 0.00537. The van der Waals surface area contributed by atoms with Gasteiger partial charge in [-0.1, -0.05) is 42.5 Å². The number of carbonyl (C=O) groups is 2. The number of para-hydroxylation sites is 1. The highest BCUT2D eigenvalue weighted by molar-refractivity contribution is 6.53. The highest BCUT2D eigenvalue weighted by atomic mass is 16.5. The molecule has 0 bridgehead atoms. The van der Waals surface area contributed by atoms with Gasteiger partial charge in [0.1, 0.15) is 5.69 Å². The van der Waals surface area contributed by atoms with Crippen LogP contribution in [0.15, 0.2) is 54.6 Å². The third-order valence-electron chi connectivity index (χ3n) is 4.37. The van der Waals surface area contributed by atoms with Gasteiger partial charge in [-0.15, -0.1) is 0 Å². The first kappa shape index (κ1) is 16.4. The van der Waals surface area contributed by atoms with Gasteiger partial charge in [-0.25, -0.2) is 4.68 Å². The molecule has 0 atom stereocenters. The molecule has 0 unspecified atom stereocenters. The summed E-state index contributed by atoms with van der Waals surface area (Å²) in [6, 6.07) is 16.8. The molecule has 0 fully saturated rings. The molecule has 5 heteroatoms. The fourth-order valence-corrected chi connectivity index (χ4v) is 3.18. The first-order valence-corrected chi connectivity index (χ1v) is 8.55. The van der Waals surface area contributed by atoms with Crippen LogP contribution in [0.5, 0.6) is 0 Å². The Morgan fingerprint density at radius 3 is 2.27 bits per heavy atom. The van der Waals surface area contributed by atoms with Crippen molar-refractivity contribution in [2.45, 2.75) is 26.6 Å². The van der Waals surface area contributed by atoms with E-state index in [-0.39, 0.29) is 12.7 Å². The number of Topliss-reactive ketones (excluding diaryl/α,β-unsaturated/α-hetero) is 2. The van der Waals surface area contributed by atoms with Crippen LogP contribution >= 0.6 is 0 Å². The lowest BCUT2D eigenvalue weighted by atomic mass is 9.87. The fourth-order valence-electron chi connectivity index (χ4n) is 3.18. The second-order valence-corrected chi connectivity index (χ2v) is 6.48. The van der Waals surface area contributed by atoms with Crippen LogP contribution in [-0.4, -0.2) is 27.5 Å². The van der Waals surface area contributed by atoms with Gasteiger partial charge < -0.3 is 4.74 Å². The van der Waals surface area contributed by atoms with E-state index in [0.29, 0.717) is 22.5 Å². The molecule has 1 heterocycles. The second-order valence-electron chi connectivity index (χ2n) is 6.48. The molecule has 0 spiro atoms. The zero-order valence-corrected chi connectivity index (χ0v) is 14.6. The highest BCUT2D eigenvalue weighted by Gasteiger charge is 2.36. The largest absolute Gasteiger partial charge is 0.372 e. The Morgan fingerprint density at radius 1 is 0.923 bits per heavy atom. The average Bonchev–Trinajstić information content (AvgIpc) is 3.05. The average molecular weight is 346 g/mol. The Balaban J connectivity index is 1.99. The standard InChI is InChI=1S/C21H18N2O3/c1-13(2)26-12-17-18-19(23(22-17)14-8-4-3-5-9-14)15-10-6-7-11-16(15)20(24)21(18)25/h3-11,13H,12H2,1-2H3. The zero-order valence-electron chi connectivity index (χ0n) is 14.6. The molecule has 130 valence electrons. The molecule has 1 aliphatic carbocycles. The number of benzene rings is 2. The third-order valence-corrected chi connectivity index (χ3v) is 4.37. The molecule has 0 saturated heterocycles. The first-order chi connectivity index (χ1) is 12.6. The van der Waals surface area contributed by atoms with Crippen molar-refractivity contribution in [2.75, 3.05) is 0 Å². The van der Waals surface area contributed by atoms with Crippen LogP contribution in [0.4, 0.5) is 0 Å². The molecule has 1 aromatic heterocycles. The summed E-state index contributed by atoms with van der Waals surface area (Å²) in [6.07, 6.45) is -0.00537. The van der Waals surface area contributed by atoms with Gasteiger partial charge in [-0.05, 0) is 26.0 Å². The van der Waals surface area contributed by atoms with Crippen LogP contribution in [0.1, 0.15) is 40.3 Å². The lowest BCUT2D eigenvalue weighted by Gasteiger charge is -2.17. The molecule has 0 radical (unpaired) electrons. The lowest BCUT2D eigenvalue weighted by Crippen LogP contribution is -2.22. The van der Waals surface area contributed by atoms with Crippen molar-refractivity contribution in [3.63, 3.8) is 0 Å². The van der Waals surface area contributed by atoms with Gasteiger partial charge in [-0.2, -0.15) is 5.10 Å². The van der Waals surface area contributed by atoms with Crippen molar-refractivity contribution in [1.29, 1.82) is 0 Å². The van der Waals surface area contributed by atoms with E-state index >= 15 is 0 Å². The summed E-state index contributed by atoms with van der Waals surface area (Å²) in [5, 5.41) is 4.64. The Labute approximate surface area is 151 Å². The smallest absolute Gasteiger partial charge is 0.237 e. The van der Waals surface area contributed by atoms with Gasteiger partial charge in [0.25, 0.3) is 0 Å². The van der Waals surface area contributed by atoms with Crippen molar-refractivity contribution in [3.8, 4) is 16.9 Å². The number of ketones is 2. The Hall–Kier alpha value is -3.05. The zero-order chi connectivity index (χ0) is 18.3. The number of aromatic nitrogens is 2. The molecule has 0 saturated carbocycles. The minimum Gasteiger partial charge on any atom is -0.372 e. The molecule has 3 aromatic rings. The number of carbonyl (C=O) groups excluding carboxylic acids is 2. The third kappa shape index (κ3) is 2.57. The van der Waals surface area contributed by atoms with Crippen molar-refractivity contribution in [2.24, 2.45) is 0 Å². The summed E-state index contributed by atoms with van der Waals surface area (Å²) < 4.78 is 7.41. The van der Waals surface area contributed by atoms with Gasteiger partial charge in [0.15, 0.2) is 0 Å². The van der Waals surface area contributed by atoms with E-state index in [4.69, 9.17) is 4.74 Å². The molecule has 0 amide bonds. The van der Waals surface area contributed by atoms with E-state index in [2.05, 4.69) is 5.10 Å². The quantitative estimate of drug-likeness (QED) is 0.673. The fraction of sp³-hybridized carbons (Fsp3) is 0.190. The Bertz CT molecular complexity index is 1000. The van der Waals surface area contributed by atoms with E-state index in [1.54, 1.807) is 16.8 Å². The normalized spacial score (nSPS) is 13.0. The van der Waals surface area contributed by atoms with Crippen LogP contribution in [0, 0.1) is 0 Å². The monoisotopic (exact) mass is 346 g/mol. The molecular weight excluding hydrogens is 328 g/mol. The number of hydrogen-bond donors (Lipinski definition) is 0. The van der Waals surface area contributed by atoms with E-state index < -0.39 is 11.6 Å². The number of ether oxygens (including phenoxy) is 1.